The molecule has 0 saturated heterocycles. The number of hydrogen-bond acceptors (Lipinski definition) is 5. The van der Waals surface area contributed by atoms with E-state index >= 15 is 0 Å². The predicted octanol–water partition coefficient (Wildman–Crippen LogP) is 5.43. The SMILES string of the molecule is COc1ccc(Cl)cc1-c1ccc(CN2CCc3nc(-c4ccccc4)ncc3C2)cn1. The Labute approximate surface area is 192 Å². The molecule has 0 atom stereocenters. The first-order valence-electron chi connectivity index (χ1n) is 10.6. The van der Waals surface area contributed by atoms with Crippen molar-refractivity contribution in [3.63, 3.8) is 0 Å². The maximum atomic E-state index is 6.17. The van der Waals surface area contributed by atoms with Crippen LogP contribution in [-0.2, 0) is 19.5 Å². The zero-order chi connectivity index (χ0) is 21.9. The highest BCUT2D eigenvalue weighted by atomic mass is 35.5. The lowest BCUT2D eigenvalue weighted by atomic mass is 10.1. The Kier molecular flexibility index (Phi) is 5.84. The van der Waals surface area contributed by atoms with Crippen LogP contribution in [0.25, 0.3) is 22.6 Å². The average Bonchev–Trinajstić information content (AvgIpc) is 2.85. The lowest BCUT2D eigenvalue weighted by Crippen LogP contribution is -2.31. The first-order valence-corrected chi connectivity index (χ1v) is 11.0. The Morgan fingerprint density at radius 3 is 2.66 bits per heavy atom. The summed E-state index contributed by atoms with van der Waals surface area (Å²) < 4.78 is 5.46. The van der Waals surface area contributed by atoms with Gasteiger partial charge in [0.2, 0.25) is 0 Å². The van der Waals surface area contributed by atoms with Gasteiger partial charge >= 0.3 is 0 Å². The number of halogens is 1. The van der Waals surface area contributed by atoms with E-state index in [0.717, 1.165) is 60.1 Å². The molecular formula is C26H23ClN4O. The second-order valence-corrected chi connectivity index (χ2v) is 8.32. The third-order valence-corrected chi connectivity index (χ3v) is 5.95. The number of nitrogens with zero attached hydrogens (tertiary/aromatic N) is 4. The highest BCUT2D eigenvalue weighted by molar-refractivity contribution is 6.30. The van der Waals surface area contributed by atoms with Crippen LogP contribution in [0.5, 0.6) is 5.75 Å². The van der Waals surface area contributed by atoms with Crippen LogP contribution in [-0.4, -0.2) is 33.5 Å². The van der Waals surface area contributed by atoms with E-state index in [4.69, 9.17) is 21.3 Å². The predicted molar refractivity (Wildman–Crippen MR) is 127 cm³/mol. The van der Waals surface area contributed by atoms with Crippen LogP contribution in [0.4, 0.5) is 0 Å². The summed E-state index contributed by atoms with van der Waals surface area (Å²) in [5.41, 5.74) is 6.31. The molecule has 1 aliphatic heterocycles. The molecule has 0 bridgehead atoms. The Morgan fingerprint density at radius 1 is 1.00 bits per heavy atom. The second kappa shape index (κ2) is 9.07. The molecule has 0 unspecified atom stereocenters. The third-order valence-electron chi connectivity index (χ3n) is 5.71. The van der Waals surface area contributed by atoms with Crippen molar-refractivity contribution in [2.75, 3.05) is 13.7 Å². The number of fused-ring (bicyclic) bond motifs is 1. The van der Waals surface area contributed by atoms with Gasteiger partial charge in [0.05, 0.1) is 18.5 Å². The summed E-state index contributed by atoms with van der Waals surface area (Å²) in [5, 5.41) is 0.663. The number of methoxy groups -OCH3 is 1. The van der Waals surface area contributed by atoms with Gasteiger partial charge in [0.15, 0.2) is 5.82 Å². The number of benzene rings is 2. The summed E-state index contributed by atoms with van der Waals surface area (Å²) in [7, 11) is 1.65. The van der Waals surface area contributed by atoms with Crippen molar-refractivity contribution in [2.45, 2.75) is 19.5 Å². The summed E-state index contributed by atoms with van der Waals surface area (Å²) in [4.78, 5) is 16.5. The van der Waals surface area contributed by atoms with E-state index in [1.165, 1.54) is 11.1 Å². The number of hydrogen-bond donors (Lipinski definition) is 0. The largest absolute Gasteiger partial charge is 0.496 e. The zero-order valence-corrected chi connectivity index (χ0v) is 18.6. The molecule has 0 radical (unpaired) electrons. The smallest absolute Gasteiger partial charge is 0.159 e. The fraction of sp³-hybridized carbons (Fsp3) is 0.192. The fourth-order valence-corrected chi connectivity index (χ4v) is 4.22. The molecule has 1 aliphatic rings. The van der Waals surface area contributed by atoms with Gasteiger partial charge in [0, 0.05) is 60.2 Å². The van der Waals surface area contributed by atoms with E-state index < -0.39 is 0 Å². The Morgan fingerprint density at radius 2 is 1.88 bits per heavy atom. The van der Waals surface area contributed by atoms with Gasteiger partial charge in [-0.2, -0.15) is 0 Å². The van der Waals surface area contributed by atoms with Gasteiger partial charge in [0.25, 0.3) is 0 Å². The minimum atomic E-state index is 0.663. The van der Waals surface area contributed by atoms with Gasteiger partial charge in [-0.05, 0) is 29.8 Å². The van der Waals surface area contributed by atoms with Crippen LogP contribution in [0.3, 0.4) is 0 Å². The second-order valence-electron chi connectivity index (χ2n) is 7.89. The molecule has 0 saturated carbocycles. The number of ether oxygens (including phenoxy) is 1. The van der Waals surface area contributed by atoms with E-state index in [0.29, 0.717) is 5.02 Å². The van der Waals surface area contributed by atoms with Crippen molar-refractivity contribution in [1.82, 2.24) is 19.9 Å². The molecule has 32 heavy (non-hydrogen) atoms. The quantitative estimate of drug-likeness (QED) is 0.412. The van der Waals surface area contributed by atoms with Crippen LogP contribution in [0, 0.1) is 0 Å². The van der Waals surface area contributed by atoms with Gasteiger partial charge in [0.1, 0.15) is 5.75 Å². The van der Waals surface area contributed by atoms with Crippen LogP contribution in [0.15, 0.2) is 73.1 Å². The lowest BCUT2D eigenvalue weighted by molar-refractivity contribution is 0.242. The molecule has 0 amide bonds. The van der Waals surface area contributed by atoms with E-state index in [1.807, 2.05) is 67.0 Å². The highest BCUT2D eigenvalue weighted by Gasteiger charge is 2.19. The minimum Gasteiger partial charge on any atom is -0.496 e. The molecule has 0 fully saturated rings. The van der Waals surface area contributed by atoms with E-state index in [2.05, 4.69) is 20.9 Å². The zero-order valence-electron chi connectivity index (χ0n) is 17.8. The molecule has 5 rings (SSSR count). The fourth-order valence-electron chi connectivity index (χ4n) is 4.05. The van der Waals surface area contributed by atoms with Crippen molar-refractivity contribution in [3.8, 4) is 28.4 Å². The molecule has 0 spiro atoms. The van der Waals surface area contributed by atoms with Crippen LogP contribution < -0.4 is 4.74 Å². The summed E-state index contributed by atoms with van der Waals surface area (Å²) in [6.07, 6.45) is 4.83. The van der Waals surface area contributed by atoms with Gasteiger partial charge in [-0.1, -0.05) is 48.0 Å². The topological polar surface area (TPSA) is 51.1 Å². The lowest BCUT2D eigenvalue weighted by Gasteiger charge is -2.28. The third kappa shape index (κ3) is 4.35. The summed E-state index contributed by atoms with van der Waals surface area (Å²) in [5.74, 6) is 1.56. The molecule has 160 valence electrons. The number of aromatic nitrogens is 3. The molecule has 0 N–H and O–H groups in total. The standard InChI is InChI=1S/C26H23ClN4O/c1-32-25-10-8-21(27)13-22(25)24-9-7-18(14-28-24)16-31-12-11-23-20(17-31)15-29-26(30-23)19-5-3-2-4-6-19/h2-10,13-15H,11-12,16-17H2,1H3. The Balaban J connectivity index is 1.29. The molecule has 0 aliphatic carbocycles. The molecule has 3 heterocycles. The summed E-state index contributed by atoms with van der Waals surface area (Å²) >= 11 is 6.17. The number of pyridine rings is 1. The molecule has 2 aromatic carbocycles. The Bertz CT molecular complexity index is 1230. The minimum absolute atomic E-state index is 0.663. The maximum Gasteiger partial charge on any atom is 0.159 e. The number of rotatable bonds is 5. The van der Waals surface area contributed by atoms with Crippen molar-refractivity contribution >= 4 is 11.6 Å². The average molecular weight is 443 g/mol. The van der Waals surface area contributed by atoms with Crippen LogP contribution in [0.1, 0.15) is 16.8 Å². The Hall–Kier alpha value is -3.28. The maximum absolute atomic E-state index is 6.17. The first-order chi connectivity index (χ1) is 15.7. The van der Waals surface area contributed by atoms with Crippen molar-refractivity contribution in [3.05, 3.63) is 94.9 Å². The van der Waals surface area contributed by atoms with E-state index in [9.17, 15) is 0 Å². The van der Waals surface area contributed by atoms with Gasteiger partial charge < -0.3 is 4.74 Å². The monoisotopic (exact) mass is 442 g/mol. The van der Waals surface area contributed by atoms with Crippen molar-refractivity contribution in [2.24, 2.45) is 0 Å². The molecule has 5 nitrogen and oxygen atoms in total. The van der Waals surface area contributed by atoms with Gasteiger partial charge in [-0.15, -0.1) is 0 Å². The normalized spacial score (nSPS) is 13.6. The van der Waals surface area contributed by atoms with Crippen LogP contribution in [0.2, 0.25) is 5.02 Å². The van der Waals surface area contributed by atoms with Gasteiger partial charge in [-0.25, -0.2) is 9.97 Å². The van der Waals surface area contributed by atoms with E-state index in [-0.39, 0.29) is 0 Å². The van der Waals surface area contributed by atoms with E-state index in [1.54, 1.807) is 7.11 Å². The first kappa shape index (κ1) is 20.6. The van der Waals surface area contributed by atoms with Gasteiger partial charge in [-0.3, -0.25) is 9.88 Å². The summed E-state index contributed by atoms with van der Waals surface area (Å²) in [6, 6.07) is 19.8. The molecule has 6 heteroatoms. The molecule has 4 aromatic rings. The molecular weight excluding hydrogens is 420 g/mol. The molecule has 2 aromatic heterocycles. The highest BCUT2D eigenvalue weighted by Crippen LogP contribution is 2.31. The summed E-state index contributed by atoms with van der Waals surface area (Å²) in [6.45, 7) is 2.64. The van der Waals surface area contributed by atoms with Crippen molar-refractivity contribution in [1.29, 1.82) is 0 Å². The van der Waals surface area contributed by atoms with Crippen molar-refractivity contribution < 1.29 is 4.74 Å². The van der Waals surface area contributed by atoms with Crippen LogP contribution >= 0.6 is 11.6 Å².